The topological polar surface area (TPSA) is 43.6 Å². The fraction of sp³-hybridized carbons (Fsp3) is 0.0667. The summed E-state index contributed by atoms with van der Waals surface area (Å²) in [6.07, 6.45) is 0. The van der Waals surface area contributed by atoms with E-state index in [0.717, 1.165) is 0 Å². The van der Waals surface area contributed by atoms with Gasteiger partial charge >= 0.3 is 5.97 Å². The smallest absolute Gasteiger partial charge is 0.355 e. The van der Waals surface area contributed by atoms with Crippen LogP contribution in [0.3, 0.4) is 0 Å². The lowest BCUT2D eigenvalue weighted by Gasteiger charge is -2.07. The molecule has 3 aromatic rings. The van der Waals surface area contributed by atoms with Crippen LogP contribution in [0.2, 0.25) is 5.15 Å². The quantitative estimate of drug-likeness (QED) is 0.680. The van der Waals surface area contributed by atoms with Crippen molar-refractivity contribution >= 4 is 23.1 Å². The molecule has 0 unspecified atom stereocenters. The summed E-state index contributed by atoms with van der Waals surface area (Å²) in [5.74, 6) is -0.529. The van der Waals surface area contributed by atoms with Crippen LogP contribution in [0.1, 0.15) is 10.5 Å². The minimum atomic E-state index is -0.521. The highest BCUT2D eigenvalue weighted by Crippen LogP contribution is 2.27. The van der Waals surface area contributed by atoms with E-state index < -0.39 is 11.8 Å². The molecule has 4 nitrogen and oxygen atoms in total. The molecule has 0 bridgehead atoms. The van der Waals surface area contributed by atoms with Crippen molar-refractivity contribution in [3.63, 3.8) is 0 Å². The van der Waals surface area contributed by atoms with Crippen molar-refractivity contribution in [1.82, 2.24) is 9.38 Å². The number of hydrogen-bond donors (Lipinski definition) is 0. The summed E-state index contributed by atoms with van der Waals surface area (Å²) in [6, 6.07) is 10.9. The molecule has 3 rings (SSSR count). The molecular formula is C15H10ClFN2O2. The Hall–Kier alpha value is -2.40. The van der Waals surface area contributed by atoms with Gasteiger partial charge in [0.2, 0.25) is 0 Å². The van der Waals surface area contributed by atoms with E-state index in [0.29, 0.717) is 16.9 Å². The second-order valence-electron chi connectivity index (χ2n) is 4.36. The number of carbonyl (C=O) groups excluding carboxylic acids is 1. The lowest BCUT2D eigenvalue weighted by atomic mass is 10.2. The van der Waals surface area contributed by atoms with E-state index in [1.54, 1.807) is 34.7 Å². The van der Waals surface area contributed by atoms with Gasteiger partial charge in [-0.2, -0.15) is 0 Å². The summed E-state index contributed by atoms with van der Waals surface area (Å²) in [5.41, 5.74) is 1.35. The van der Waals surface area contributed by atoms with Gasteiger partial charge in [0.15, 0.2) is 5.15 Å². The number of methoxy groups -OCH3 is 1. The number of halogens is 2. The number of ether oxygens (including phenoxy) is 1. The third-order valence-electron chi connectivity index (χ3n) is 3.09. The van der Waals surface area contributed by atoms with Crippen molar-refractivity contribution in [3.8, 4) is 11.4 Å². The van der Waals surface area contributed by atoms with Gasteiger partial charge in [-0.15, -0.1) is 0 Å². The van der Waals surface area contributed by atoms with Gasteiger partial charge in [-0.3, -0.25) is 4.40 Å². The fourth-order valence-corrected chi connectivity index (χ4v) is 2.41. The molecule has 0 spiro atoms. The van der Waals surface area contributed by atoms with Crippen LogP contribution in [0, 0.1) is 5.82 Å². The van der Waals surface area contributed by atoms with Crippen molar-refractivity contribution in [2.75, 3.05) is 7.11 Å². The van der Waals surface area contributed by atoms with Crippen molar-refractivity contribution < 1.29 is 13.9 Å². The standard InChI is InChI=1S/C15H10ClFN2O2/c1-21-15(20)12-7-3-6-11-13(16)18-14(19(11)12)9-4-2-5-10(17)8-9/h2-8H,1H3. The Kier molecular flexibility index (Phi) is 3.35. The normalized spacial score (nSPS) is 10.8. The van der Waals surface area contributed by atoms with E-state index in [-0.39, 0.29) is 10.8 Å². The number of imidazole rings is 1. The van der Waals surface area contributed by atoms with Crippen LogP contribution >= 0.6 is 11.6 Å². The van der Waals surface area contributed by atoms with E-state index >= 15 is 0 Å². The summed E-state index contributed by atoms with van der Waals surface area (Å²) in [7, 11) is 1.29. The Morgan fingerprint density at radius 1 is 1.29 bits per heavy atom. The number of esters is 1. The molecule has 1 aromatic carbocycles. The van der Waals surface area contributed by atoms with Gasteiger partial charge in [0.05, 0.1) is 12.6 Å². The molecule has 0 saturated carbocycles. The zero-order valence-corrected chi connectivity index (χ0v) is 11.8. The van der Waals surface area contributed by atoms with Crippen LogP contribution in [0.25, 0.3) is 16.9 Å². The molecular weight excluding hydrogens is 295 g/mol. The van der Waals surface area contributed by atoms with Gasteiger partial charge in [-0.05, 0) is 24.3 Å². The van der Waals surface area contributed by atoms with Crippen molar-refractivity contribution in [2.24, 2.45) is 0 Å². The molecule has 106 valence electrons. The van der Waals surface area contributed by atoms with Gasteiger partial charge in [-0.1, -0.05) is 29.8 Å². The molecule has 0 atom stereocenters. The maximum atomic E-state index is 13.4. The van der Waals surface area contributed by atoms with E-state index in [1.165, 1.54) is 19.2 Å². The Morgan fingerprint density at radius 2 is 2.05 bits per heavy atom. The predicted octanol–water partition coefficient (Wildman–Crippen LogP) is 3.58. The lowest BCUT2D eigenvalue weighted by Crippen LogP contribution is -2.08. The molecule has 0 amide bonds. The first-order valence-electron chi connectivity index (χ1n) is 6.13. The molecule has 0 fully saturated rings. The largest absolute Gasteiger partial charge is 0.464 e. The highest BCUT2D eigenvalue weighted by molar-refractivity contribution is 6.33. The average Bonchev–Trinajstić information content (AvgIpc) is 2.84. The minimum Gasteiger partial charge on any atom is -0.464 e. The molecule has 0 saturated heterocycles. The molecule has 0 aliphatic heterocycles. The molecule has 0 radical (unpaired) electrons. The van der Waals surface area contributed by atoms with Gasteiger partial charge < -0.3 is 4.74 Å². The van der Waals surface area contributed by atoms with E-state index in [1.807, 2.05) is 0 Å². The zero-order chi connectivity index (χ0) is 15.0. The predicted molar refractivity (Wildman–Crippen MR) is 76.9 cm³/mol. The maximum absolute atomic E-state index is 13.4. The van der Waals surface area contributed by atoms with Crippen LogP contribution in [0.4, 0.5) is 4.39 Å². The summed E-state index contributed by atoms with van der Waals surface area (Å²) in [5, 5.41) is 0.236. The second kappa shape index (κ2) is 5.18. The molecule has 0 aliphatic rings. The molecule has 6 heteroatoms. The van der Waals surface area contributed by atoms with Gasteiger partial charge in [0.25, 0.3) is 0 Å². The van der Waals surface area contributed by atoms with Gasteiger partial charge in [-0.25, -0.2) is 14.2 Å². The van der Waals surface area contributed by atoms with Crippen LogP contribution < -0.4 is 0 Å². The highest BCUT2D eigenvalue weighted by atomic mass is 35.5. The van der Waals surface area contributed by atoms with Crippen molar-refractivity contribution in [2.45, 2.75) is 0 Å². The summed E-state index contributed by atoms with van der Waals surface area (Å²) >= 11 is 6.11. The average molecular weight is 305 g/mol. The van der Waals surface area contributed by atoms with Crippen LogP contribution in [0.15, 0.2) is 42.5 Å². The number of pyridine rings is 1. The summed E-state index contributed by atoms with van der Waals surface area (Å²) < 4.78 is 19.7. The Bertz CT molecular complexity index is 845. The first kappa shape index (κ1) is 13.6. The van der Waals surface area contributed by atoms with Gasteiger partial charge in [0, 0.05) is 5.56 Å². The number of carbonyl (C=O) groups is 1. The Labute approximate surface area is 124 Å². The van der Waals surface area contributed by atoms with Crippen LogP contribution in [-0.4, -0.2) is 22.5 Å². The molecule has 2 heterocycles. The molecule has 0 N–H and O–H groups in total. The fourth-order valence-electron chi connectivity index (χ4n) is 2.18. The van der Waals surface area contributed by atoms with E-state index in [9.17, 15) is 9.18 Å². The molecule has 2 aromatic heterocycles. The molecule has 21 heavy (non-hydrogen) atoms. The SMILES string of the molecule is COC(=O)c1cccc2c(Cl)nc(-c3cccc(F)c3)n12. The number of benzene rings is 1. The first-order chi connectivity index (χ1) is 10.1. The molecule has 0 aliphatic carbocycles. The lowest BCUT2D eigenvalue weighted by molar-refractivity contribution is 0.0592. The van der Waals surface area contributed by atoms with Crippen molar-refractivity contribution in [3.05, 3.63) is 59.1 Å². The number of aromatic nitrogens is 2. The van der Waals surface area contributed by atoms with Crippen LogP contribution in [-0.2, 0) is 4.74 Å². The van der Waals surface area contributed by atoms with Crippen LogP contribution in [0.5, 0.6) is 0 Å². The summed E-state index contributed by atoms with van der Waals surface area (Å²) in [4.78, 5) is 16.1. The second-order valence-corrected chi connectivity index (χ2v) is 4.72. The maximum Gasteiger partial charge on any atom is 0.355 e. The van der Waals surface area contributed by atoms with Crippen molar-refractivity contribution in [1.29, 1.82) is 0 Å². The van der Waals surface area contributed by atoms with E-state index in [4.69, 9.17) is 16.3 Å². The monoisotopic (exact) mass is 304 g/mol. The number of hydrogen-bond acceptors (Lipinski definition) is 3. The van der Waals surface area contributed by atoms with Gasteiger partial charge in [0.1, 0.15) is 17.3 Å². The highest BCUT2D eigenvalue weighted by Gasteiger charge is 2.18. The number of fused-ring (bicyclic) bond motifs is 1. The minimum absolute atomic E-state index is 0.236. The van der Waals surface area contributed by atoms with E-state index in [2.05, 4.69) is 4.98 Å². The number of rotatable bonds is 2. The number of nitrogens with zero attached hydrogens (tertiary/aromatic N) is 2. The zero-order valence-electron chi connectivity index (χ0n) is 11.0. The third kappa shape index (κ3) is 2.25. The Balaban J connectivity index is 2.35. The summed E-state index contributed by atoms with van der Waals surface area (Å²) in [6.45, 7) is 0. The third-order valence-corrected chi connectivity index (χ3v) is 3.37. The Morgan fingerprint density at radius 3 is 2.76 bits per heavy atom. The first-order valence-corrected chi connectivity index (χ1v) is 6.51.